The number of carbonyl (C=O) groups excluding carboxylic acids is 4. The van der Waals surface area contributed by atoms with E-state index in [2.05, 4.69) is 31.2 Å². The van der Waals surface area contributed by atoms with Gasteiger partial charge in [0, 0.05) is 30.1 Å². The van der Waals surface area contributed by atoms with Crippen LogP contribution in [0.25, 0.3) is 10.9 Å². The van der Waals surface area contributed by atoms with Gasteiger partial charge in [0.15, 0.2) is 5.96 Å². The number of carboxylic acids is 1. The lowest BCUT2D eigenvalue weighted by molar-refractivity contribution is -0.142. The number of nitrogens with zero attached hydrogens (tertiary/aromatic N) is 1. The van der Waals surface area contributed by atoms with Gasteiger partial charge in [0.2, 0.25) is 23.6 Å². The molecule has 0 saturated heterocycles. The van der Waals surface area contributed by atoms with E-state index in [1.54, 1.807) is 6.20 Å². The van der Waals surface area contributed by atoms with E-state index in [9.17, 15) is 29.1 Å². The Labute approximate surface area is 243 Å². The quantitative estimate of drug-likeness (QED) is 0.0587. The minimum Gasteiger partial charge on any atom is -0.480 e. The van der Waals surface area contributed by atoms with E-state index in [0.717, 1.165) is 16.5 Å². The molecule has 0 bridgehead atoms. The van der Waals surface area contributed by atoms with Gasteiger partial charge in [-0.05, 0) is 36.8 Å². The van der Waals surface area contributed by atoms with Crippen LogP contribution in [0.15, 0.2) is 35.5 Å². The number of hydrogen-bond donors (Lipinski definition) is 9. The van der Waals surface area contributed by atoms with Crippen LogP contribution in [-0.2, 0) is 30.4 Å². The van der Waals surface area contributed by atoms with Gasteiger partial charge in [0.05, 0.1) is 19.1 Å². The van der Waals surface area contributed by atoms with Crippen LogP contribution >= 0.6 is 0 Å². The lowest BCUT2D eigenvalue weighted by Gasteiger charge is -2.23. The zero-order chi connectivity index (χ0) is 31.2. The van der Waals surface area contributed by atoms with Crippen molar-refractivity contribution in [3.8, 4) is 0 Å². The Morgan fingerprint density at radius 3 is 2.31 bits per heavy atom. The molecule has 0 spiro atoms. The molecule has 0 aliphatic rings. The standard InChI is InChI=1S/C27H41N9O6/c1-15(2)10-20(25(40)36-21(26(41)42)11-16-12-32-19-8-4-3-6-17(16)19)35-23(38)14-33-22(37)13-34-24(39)18(28)7-5-9-31-27(29)30/h3-4,6,8,12,15,18,20-21,32H,5,7,9-11,13-14,28H2,1-2H3,(H,33,37)(H,34,39)(H,35,38)(H,36,40)(H,41,42)(H4,29,30,31)/t18-,20-,21-/m0/s1. The minimum absolute atomic E-state index is 0.00794. The summed E-state index contributed by atoms with van der Waals surface area (Å²) in [7, 11) is 0. The maximum absolute atomic E-state index is 13.1. The molecule has 230 valence electrons. The molecule has 42 heavy (non-hydrogen) atoms. The molecule has 1 aromatic carbocycles. The van der Waals surface area contributed by atoms with E-state index < -0.39 is 60.8 Å². The first-order valence-electron chi connectivity index (χ1n) is 13.6. The van der Waals surface area contributed by atoms with Crippen LogP contribution in [0, 0.1) is 5.92 Å². The van der Waals surface area contributed by atoms with E-state index >= 15 is 0 Å². The number of aromatic amines is 1. The highest BCUT2D eigenvalue weighted by Gasteiger charge is 2.28. The number of aliphatic imine (C=N–C) groups is 1. The Balaban J connectivity index is 1.86. The van der Waals surface area contributed by atoms with Crippen molar-refractivity contribution < 1.29 is 29.1 Å². The lowest BCUT2D eigenvalue weighted by atomic mass is 10.0. The van der Waals surface area contributed by atoms with Gasteiger partial charge in [-0.25, -0.2) is 4.79 Å². The summed E-state index contributed by atoms with van der Waals surface area (Å²) in [6, 6.07) is 4.28. The van der Waals surface area contributed by atoms with Gasteiger partial charge in [0.25, 0.3) is 0 Å². The molecule has 0 unspecified atom stereocenters. The zero-order valence-corrected chi connectivity index (χ0v) is 23.8. The molecule has 12 N–H and O–H groups in total. The SMILES string of the molecule is CC(C)C[C@H](NC(=O)CNC(=O)CNC(=O)[C@@H](N)CCCN=C(N)N)C(=O)N[C@@H](Cc1c[nH]c2ccccc12)C(=O)O. The molecule has 3 atom stereocenters. The van der Waals surface area contributed by atoms with E-state index in [4.69, 9.17) is 17.2 Å². The Morgan fingerprint density at radius 2 is 1.64 bits per heavy atom. The number of aromatic nitrogens is 1. The number of nitrogens with one attached hydrogen (secondary N) is 5. The van der Waals surface area contributed by atoms with Crippen molar-refractivity contribution in [1.82, 2.24) is 26.3 Å². The van der Waals surface area contributed by atoms with Crippen LogP contribution in [0.1, 0.15) is 38.7 Å². The lowest BCUT2D eigenvalue weighted by Crippen LogP contribution is -2.54. The van der Waals surface area contributed by atoms with Crippen molar-refractivity contribution in [3.05, 3.63) is 36.0 Å². The fourth-order valence-corrected chi connectivity index (χ4v) is 4.13. The summed E-state index contributed by atoms with van der Waals surface area (Å²) in [5.74, 6) is -3.78. The summed E-state index contributed by atoms with van der Waals surface area (Å²) in [4.78, 5) is 68.7. The monoisotopic (exact) mass is 587 g/mol. The van der Waals surface area contributed by atoms with E-state index in [1.807, 2.05) is 38.1 Å². The Morgan fingerprint density at radius 1 is 0.952 bits per heavy atom. The molecule has 1 aromatic heterocycles. The number of amides is 4. The van der Waals surface area contributed by atoms with E-state index in [0.29, 0.717) is 19.4 Å². The van der Waals surface area contributed by atoms with Gasteiger partial charge < -0.3 is 48.6 Å². The summed E-state index contributed by atoms with van der Waals surface area (Å²) in [5, 5.41) is 20.5. The summed E-state index contributed by atoms with van der Waals surface area (Å²) < 4.78 is 0. The molecule has 2 rings (SSSR count). The maximum Gasteiger partial charge on any atom is 0.326 e. The Kier molecular flexibility index (Phi) is 13.2. The maximum atomic E-state index is 13.1. The number of aliphatic carboxylic acids is 1. The second-order valence-electron chi connectivity index (χ2n) is 10.3. The van der Waals surface area contributed by atoms with Crippen molar-refractivity contribution in [3.63, 3.8) is 0 Å². The number of guanidine groups is 1. The number of carboxylic acid groups (broad SMARTS) is 1. The summed E-state index contributed by atoms with van der Waals surface area (Å²) in [6.07, 6.45) is 2.75. The molecule has 0 radical (unpaired) electrons. The molecule has 0 fully saturated rings. The number of nitrogens with two attached hydrogens (primary N) is 3. The minimum atomic E-state index is -1.23. The van der Waals surface area contributed by atoms with Gasteiger partial charge in [-0.2, -0.15) is 0 Å². The highest BCUT2D eigenvalue weighted by atomic mass is 16.4. The first-order valence-corrected chi connectivity index (χ1v) is 13.6. The second kappa shape index (κ2) is 16.6. The van der Waals surface area contributed by atoms with Gasteiger partial charge in [-0.15, -0.1) is 0 Å². The average molecular weight is 588 g/mol. The predicted molar refractivity (Wildman–Crippen MR) is 157 cm³/mol. The number of carbonyl (C=O) groups is 5. The van der Waals surface area contributed by atoms with Crippen LogP contribution in [0.2, 0.25) is 0 Å². The summed E-state index contributed by atoms with van der Waals surface area (Å²) in [5.41, 5.74) is 17.8. The number of rotatable bonds is 17. The number of fused-ring (bicyclic) bond motifs is 1. The molecule has 15 nitrogen and oxygen atoms in total. The van der Waals surface area contributed by atoms with Crippen molar-refractivity contribution >= 4 is 46.5 Å². The second-order valence-corrected chi connectivity index (χ2v) is 10.3. The van der Waals surface area contributed by atoms with Crippen LogP contribution in [0.5, 0.6) is 0 Å². The van der Waals surface area contributed by atoms with Crippen LogP contribution in [0.4, 0.5) is 0 Å². The first kappa shape index (κ1) is 33.5. The molecule has 4 amide bonds. The highest BCUT2D eigenvalue weighted by molar-refractivity contribution is 5.93. The number of benzene rings is 1. The zero-order valence-electron chi connectivity index (χ0n) is 23.8. The summed E-state index contributed by atoms with van der Waals surface area (Å²) in [6.45, 7) is 3.15. The Bertz CT molecular complexity index is 1270. The largest absolute Gasteiger partial charge is 0.480 e. The van der Waals surface area contributed by atoms with Crippen LogP contribution in [0.3, 0.4) is 0 Å². The molecular weight excluding hydrogens is 546 g/mol. The third kappa shape index (κ3) is 11.4. The van der Waals surface area contributed by atoms with E-state index in [-0.39, 0.29) is 24.7 Å². The smallest absolute Gasteiger partial charge is 0.326 e. The molecular formula is C27H41N9O6. The molecule has 15 heteroatoms. The summed E-state index contributed by atoms with van der Waals surface area (Å²) >= 11 is 0. The van der Waals surface area contributed by atoms with Gasteiger partial charge in [-0.1, -0.05) is 32.0 Å². The van der Waals surface area contributed by atoms with Crippen LogP contribution in [-0.4, -0.2) is 83.4 Å². The molecule has 0 aliphatic carbocycles. The van der Waals surface area contributed by atoms with Gasteiger partial charge >= 0.3 is 5.97 Å². The van der Waals surface area contributed by atoms with Crippen LogP contribution < -0.4 is 38.5 Å². The Hall–Kier alpha value is -4.66. The number of hydrogen-bond acceptors (Lipinski definition) is 7. The first-order chi connectivity index (χ1) is 19.9. The van der Waals surface area contributed by atoms with Gasteiger partial charge in [0.1, 0.15) is 12.1 Å². The third-order valence-corrected chi connectivity index (χ3v) is 6.25. The topological polar surface area (TPSA) is 260 Å². The number of H-pyrrole nitrogens is 1. The number of para-hydroxylation sites is 1. The van der Waals surface area contributed by atoms with Crippen molar-refractivity contribution in [2.75, 3.05) is 19.6 Å². The fourth-order valence-electron chi connectivity index (χ4n) is 4.13. The normalized spacial score (nSPS) is 13.0. The highest BCUT2D eigenvalue weighted by Crippen LogP contribution is 2.19. The van der Waals surface area contributed by atoms with Gasteiger partial charge in [-0.3, -0.25) is 24.2 Å². The van der Waals surface area contributed by atoms with Crippen molar-refractivity contribution in [2.45, 2.75) is 57.7 Å². The molecule has 0 saturated carbocycles. The molecule has 1 heterocycles. The molecule has 2 aromatic rings. The van der Waals surface area contributed by atoms with Crippen molar-refractivity contribution in [2.24, 2.45) is 28.1 Å². The average Bonchev–Trinajstić information content (AvgIpc) is 3.34. The van der Waals surface area contributed by atoms with Crippen molar-refractivity contribution in [1.29, 1.82) is 0 Å². The third-order valence-electron chi connectivity index (χ3n) is 6.25. The van der Waals surface area contributed by atoms with E-state index in [1.165, 1.54) is 0 Å². The fraction of sp³-hybridized carbons (Fsp3) is 0.481. The predicted octanol–water partition coefficient (Wildman–Crippen LogP) is -1.58. The molecule has 0 aliphatic heterocycles.